The van der Waals surface area contributed by atoms with Gasteiger partial charge in [-0.1, -0.05) is 0 Å². The third-order valence-electron chi connectivity index (χ3n) is 4.11. The molecule has 0 aliphatic carbocycles. The second-order valence-corrected chi connectivity index (χ2v) is 10.8. The first-order chi connectivity index (χ1) is 14.4. The molecule has 3 rings (SSSR count). The summed E-state index contributed by atoms with van der Waals surface area (Å²) in [5.74, 6) is -1.17. The van der Waals surface area contributed by atoms with Crippen molar-refractivity contribution in [3.05, 3.63) is 11.5 Å². The number of anilines is 1. The molecule has 0 spiro atoms. The lowest BCUT2D eigenvalue weighted by Gasteiger charge is -2.18. The zero-order valence-corrected chi connectivity index (χ0v) is 18.3. The van der Waals surface area contributed by atoms with E-state index in [-0.39, 0.29) is 16.7 Å². The highest BCUT2D eigenvalue weighted by Crippen LogP contribution is 2.55. The molecule has 2 aromatic heterocycles. The van der Waals surface area contributed by atoms with Crippen molar-refractivity contribution >= 4 is 49.9 Å². The number of nitrogens with one attached hydrogen (secondary N) is 1. The molecule has 172 valence electrons. The van der Waals surface area contributed by atoms with Crippen LogP contribution in [0.4, 0.5) is 5.82 Å². The van der Waals surface area contributed by atoms with Gasteiger partial charge in [-0.3, -0.25) is 14.6 Å². The fraction of sp³-hybridized carbons (Fsp3) is 0.538. The summed E-state index contributed by atoms with van der Waals surface area (Å²) >= 11 is 5.93. The standard InChI is InChI=1S/C13H19ClN6O9P2/c1-2-15-19-10-6-3-16-20(11(6)18-13(14)17-10)12-9(22)8(21)7(29-12)4-28-31(26,27)5-30(23,24)25/h2-3,7-9,12,21-22H,4-5H2,1H3,(H,26,27)(H,17,18,19)(H2,23,24,25)/b15-2+/t7-,8-,9-,12-/m1/s1. The number of ether oxygens (including phenoxy) is 1. The van der Waals surface area contributed by atoms with Crippen LogP contribution >= 0.6 is 26.8 Å². The molecule has 2 aromatic rings. The summed E-state index contributed by atoms with van der Waals surface area (Å²) in [5, 5.41) is 28.8. The highest BCUT2D eigenvalue weighted by molar-refractivity contribution is 7.70. The summed E-state index contributed by atoms with van der Waals surface area (Å²) in [4.78, 5) is 35.3. The fourth-order valence-corrected chi connectivity index (χ4v) is 5.56. The van der Waals surface area contributed by atoms with Gasteiger partial charge in [-0.05, 0) is 18.5 Å². The fourth-order valence-electron chi connectivity index (χ4n) is 2.83. The lowest BCUT2D eigenvalue weighted by molar-refractivity contribution is -0.0541. The number of hydrazone groups is 1. The van der Waals surface area contributed by atoms with Crippen LogP contribution in [0.2, 0.25) is 5.28 Å². The van der Waals surface area contributed by atoms with E-state index in [4.69, 9.17) is 26.1 Å². The third kappa shape index (κ3) is 5.65. The van der Waals surface area contributed by atoms with Crippen LogP contribution < -0.4 is 5.43 Å². The molecule has 1 aliphatic rings. The van der Waals surface area contributed by atoms with E-state index in [0.29, 0.717) is 5.39 Å². The van der Waals surface area contributed by atoms with Gasteiger partial charge in [0.2, 0.25) is 5.28 Å². The molecule has 0 aromatic carbocycles. The summed E-state index contributed by atoms with van der Waals surface area (Å²) in [6, 6.07) is 0. The average Bonchev–Trinajstić information content (AvgIpc) is 3.18. The Hall–Kier alpha value is -1.51. The molecule has 0 bridgehead atoms. The van der Waals surface area contributed by atoms with Crippen LogP contribution in [-0.2, 0) is 18.4 Å². The molecule has 31 heavy (non-hydrogen) atoms. The zero-order valence-electron chi connectivity index (χ0n) is 15.8. The van der Waals surface area contributed by atoms with Crippen molar-refractivity contribution in [3.8, 4) is 0 Å². The minimum Gasteiger partial charge on any atom is -0.387 e. The SMILES string of the molecule is C/C=N/Nc1nc(Cl)nc2c1cnn2[C@@H]1O[C@H](COP(=O)(O)CP(=O)(O)O)[C@@H](O)[C@H]1O. The first-order valence-corrected chi connectivity index (χ1v) is 12.5. The van der Waals surface area contributed by atoms with Crippen LogP contribution in [0.3, 0.4) is 0 Å². The number of aliphatic hydroxyl groups excluding tert-OH is 2. The number of hydrogen-bond acceptors (Lipinski definition) is 11. The first kappa shape index (κ1) is 24.1. The van der Waals surface area contributed by atoms with E-state index in [9.17, 15) is 24.2 Å². The predicted octanol–water partition coefficient (Wildman–Crippen LogP) is -0.146. The number of aliphatic hydroxyl groups is 2. The quantitative estimate of drug-likeness (QED) is 0.120. The highest BCUT2D eigenvalue weighted by atomic mass is 35.5. The Bertz CT molecular complexity index is 1080. The minimum atomic E-state index is -4.82. The summed E-state index contributed by atoms with van der Waals surface area (Å²) < 4.78 is 34.0. The number of hydrogen-bond donors (Lipinski definition) is 6. The van der Waals surface area contributed by atoms with E-state index in [2.05, 4.69) is 30.1 Å². The highest BCUT2D eigenvalue weighted by Gasteiger charge is 2.46. The first-order valence-electron chi connectivity index (χ1n) is 8.59. The summed E-state index contributed by atoms with van der Waals surface area (Å²) in [5.41, 5.74) is 2.79. The topological polar surface area (TPSA) is 222 Å². The third-order valence-corrected chi connectivity index (χ3v) is 7.73. The van der Waals surface area contributed by atoms with Gasteiger partial charge in [-0.25, -0.2) is 4.68 Å². The van der Waals surface area contributed by atoms with E-state index in [1.165, 1.54) is 12.4 Å². The normalized spacial score (nSPS) is 26.5. The molecule has 0 radical (unpaired) electrons. The van der Waals surface area contributed by atoms with Gasteiger partial charge in [0.25, 0.3) is 0 Å². The molecule has 3 heterocycles. The van der Waals surface area contributed by atoms with E-state index in [0.717, 1.165) is 4.68 Å². The lowest BCUT2D eigenvalue weighted by atomic mass is 10.1. The Labute approximate surface area is 179 Å². The number of aromatic nitrogens is 4. The largest absolute Gasteiger partial charge is 0.387 e. The number of fused-ring (bicyclic) bond motifs is 1. The second-order valence-electron chi connectivity index (χ2n) is 6.45. The molecule has 1 unspecified atom stereocenters. The molecule has 0 saturated carbocycles. The Morgan fingerprint density at radius 2 is 2.03 bits per heavy atom. The molecule has 1 saturated heterocycles. The van der Waals surface area contributed by atoms with Crippen molar-refractivity contribution in [1.29, 1.82) is 0 Å². The van der Waals surface area contributed by atoms with Crippen molar-refractivity contribution in [1.82, 2.24) is 19.7 Å². The van der Waals surface area contributed by atoms with Gasteiger partial charge in [0.1, 0.15) is 18.3 Å². The smallest absolute Gasteiger partial charge is 0.340 e. The number of halogens is 1. The Morgan fingerprint density at radius 3 is 2.68 bits per heavy atom. The van der Waals surface area contributed by atoms with Crippen LogP contribution in [0.1, 0.15) is 13.2 Å². The minimum absolute atomic E-state index is 0.140. The lowest BCUT2D eigenvalue weighted by Crippen LogP contribution is -2.33. The van der Waals surface area contributed by atoms with Gasteiger partial charge >= 0.3 is 15.2 Å². The van der Waals surface area contributed by atoms with E-state index < -0.39 is 52.2 Å². The molecular formula is C13H19ClN6O9P2. The zero-order chi connectivity index (χ0) is 23.0. The van der Waals surface area contributed by atoms with Gasteiger partial charge in [0.05, 0.1) is 18.2 Å². The molecule has 18 heteroatoms. The van der Waals surface area contributed by atoms with Crippen molar-refractivity contribution in [2.24, 2.45) is 5.10 Å². The van der Waals surface area contributed by atoms with Crippen LogP contribution in [0.25, 0.3) is 11.0 Å². The van der Waals surface area contributed by atoms with Gasteiger partial charge in [0.15, 0.2) is 23.6 Å². The maximum absolute atomic E-state index is 11.8. The van der Waals surface area contributed by atoms with Gasteiger partial charge in [-0.15, -0.1) is 0 Å². The molecular weight excluding hydrogens is 482 g/mol. The molecule has 15 nitrogen and oxygen atoms in total. The van der Waals surface area contributed by atoms with Crippen LogP contribution in [0, 0.1) is 0 Å². The maximum Gasteiger partial charge on any atom is 0.340 e. The summed E-state index contributed by atoms with van der Waals surface area (Å²) in [7, 11) is -9.49. The van der Waals surface area contributed by atoms with Crippen LogP contribution in [0.5, 0.6) is 0 Å². The van der Waals surface area contributed by atoms with Crippen molar-refractivity contribution < 1.29 is 43.3 Å². The molecule has 1 fully saturated rings. The monoisotopic (exact) mass is 500 g/mol. The Kier molecular flexibility index (Phi) is 7.13. The van der Waals surface area contributed by atoms with Crippen molar-refractivity contribution in [3.63, 3.8) is 0 Å². The van der Waals surface area contributed by atoms with Gasteiger partial charge < -0.3 is 34.2 Å². The van der Waals surface area contributed by atoms with Gasteiger partial charge in [0, 0.05) is 6.21 Å². The van der Waals surface area contributed by atoms with E-state index in [1.54, 1.807) is 6.92 Å². The van der Waals surface area contributed by atoms with Crippen molar-refractivity contribution in [2.75, 3.05) is 17.9 Å². The van der Waals surface area contributed by atoms with E-state index in [1.807, 2.05) is 0 Å². The number of rotatable bonds is 8. The van der Waals surface area contributed by atoms with E-state index >= 15 is 0 Å². The maximum atomic E-state index is 11.8. The second kappa shape index (κ2) is 9.16. The summed E-state index contributed by atoms with van der Waals surface area (Å²) in [6.45, 7) is 0.948. The predicted molar refractivity (Wildman–Crippen MR) is 107 cm³/mol. The average molecular weight is 501 g/mol. The summed E-state index contributed by atoms with van der Waals surface area (Å²) in [6.07, 6.45) is -2.88. The van der Waals surface area contributed by atoms with Gasteiger partial charge in [-0.2, -0.15) is 20.2 Å². The molecule has 1 aliphatic heterocycles. The van der Waals surface area contributed by atoms with Crippen LogP contribution in [0.15, 0.2) is 11.3 Å². The Morgan fingerprint density at radius 1 is 1.32 bits per heavy atom. The molecule has 6 N–H and O–H groups in total. The van der Waals surface area contributed by atoms with Crippen molar-refractivity contribution in [2.45, 2.75) is 31.5 Å². The number of nitrogens with zero attached hydrogens (tertiary/aromatic N) is 5. The van der Waals surface area contributed by atoms with Crippen LogP contribution in [-0.4, -0.2) is 81.7 Å². The molecule has 5 atom stereocenters. The Balaban J connectivity index is 1.81. The molecule has 0 amide bonds.